The summed E-state index contributed by atoms with van der Waals surface area (Å²) in [6.07, 6.45) is 18.9. The van der Waals surface area contributed by atoms with Crippen molar-refractivity contribution in [1.29, 1.82) is 0 Å². The fraction of sp³-hybridized carbons (Fsp3) is 0.879. The Morgan fingerprint density at radius 2 is 1.67 bits per heavy atom. The van der Waals surface area contributed by atoms with Crippen LogP contribution in [0.2, 0.25) is 0 Å². The minimum atomic E-state index is -0.639. The van der Waals surface area contributed by atoms with Crippen LogP contribution in [0.15, 0.2) is 23.3 Å². The SMILES string of the molecule is CC(C)CCC[C@@H](C)[C@H]1CC[C@H]2C3=CC=C4C[C@@H](O)[C@@H](OC5CCCCC5)[C@H](O)[C@]4(C)[C@H]3CC[C@]12C. The Balaban J connectivity index is 1.34. The van der Waals surface area contributed by atoms with E-state index in [1.54, 1.807) is 5.57 Å². The molecule has 0 radical (unpaired) electrons. The Hall–Kier alpha value is -0.640. The van der Waals surface area contributed by atoms with E-state index < -0.39 is 18.3 Å². The van der Waals surface area contributed by atoms with Crippen LogP contribution in [0.1, 0.15) is 118 Å². The molecule has 9 atom stereocenters. The van der Waals surface area contributed by atoms with Gasteiger partial charge in [-0.15, -0.1) is 0 Å². The van der Waals surface area contributed by atoms with Gasteiger partial charge in [-0.05, 0) is 80.0 Å². The monoisotopic (exact) mass is 498 g/mol. The number of allylic oxidation sites excluding steroid dienone is 3. The standard InChI is InChI=1S/C33H54O3/c1-21(2)10-9-11-22(3)26-16-17-27-25-15-14-23-20-29(34)30(36-24-12-7-6-8-13-24)31(35)33(23,5)28(25)18-19-32(26,27)4/h14-15,21-22,24,26-31,34-35H,6-13,16-20H2,1-5H3/t22-,26-,27+,28+,29-,30-,31+,32-,33+/m1/s1. The number of fused-ring (bicyclic) bond motifs is 5. The number of rotatable bonds is 7. The van der Waals surface area contributed by atoms with Crippen molar-refractivity contribution in [3.05, 3.63) is 23.3 Å². The van der Waals surface area contributed by atoms with Gasteiger partial charge in [0.05, 0.1) is 18.3 Å². The molecule has 3 nitrogen and oxygen atoms in total. The topological polar surface area (TPSA) is 49.7 Å². The van der Waals surface area contributed by atoms with Crippen molar-refractivity contribution >= 4 is 0 Å². The molecule has 0 unspecified atom stereocenters. The van der Waals surface area contributed by atoms with Gasteiger partial charge in [-0.25, -0.2) is 0 Å². The summed E-state index contributed by atoms with van der Waals surface area (Å²) in [7, 11) is 0. The van der Waals surface area contributed by atoms with Gasteiger partial charge < -0.3 is 14.9 Å². The number of ether oxygens (including phenoxy) is 1. The molecule has 0 aliphatic heterocycles. The maximum absolute atomic E-state index is 11.9. The summed E-state index contributed by atoms with van der Waals surface area (Å²) in [4.78, 5) is 0. The van der Waals surface area contributed by atoms with E-state index in [9.17, 15) is 10.2 Å². The summed E-state index contributed by atoms with van der Waals surface area (Å²) in [5, 5.41) is 23.0. The maximum Gasteiger partial charge on any atom is 0.111 e. The van der Waals surface area contributed by atoms with Crippen molar-refractivity contribution in [3.8, 4) is 0 Å². The minimum absolute atomic E-state index is 0.197. The van der Waals surface area contributed by atoms with Crippen LogP contribution in [0.5, 0.6) is 0 Å². The summed E-state index contributed by atoms with van der Waals surface area (Å²) in [5.41, 5.74) is 2.93. The van der Waals surface area contributed by atoms with Crippen LogP contribution in [-0.4, -0.2) is 34.6 Å². The van der Waals surface area contributed by atoms with Crippen LogP contribution in [0.4, 0.5) is 0 Å². The average molecular weight is 499 g/mol. The molecule has 0 aromatic carbocycles. The highest BCUT2D eigenvalue weighted by Crippen LogP contribution is 2.66. The second-order valence-electron chi connectivity index (χ2n) is 14.4. The molecule has 4 saturated carbocycles. The van der Waals surface area contributed by atoms with Crippen LogP contribution in [0.25, 0.3) is 0 Å². The quantitative estimate of drug-likeness (QED) is 0.380. The lowest BCUT2D eigenvalue weighted by molar-refractivity contribution is -0.184. The molecule has 0 bridgehead atoms. The number of hydrogen-bond donors (Lipinski definition) is 2. The van der Waals surface area contributed by atoms with E-state index in [-0.39, 0.29) is 11.5 Å². The molecule has 5 aliphatic carbocycles. The molecule has 5 aliphatic rings. The molecule has 0 aromatic rings. The van der Waals surface area contributed by atoms with Crippen LogP contribution in [-0.2, 0) is 4.74 Å². The highest BCUT2D eigenvalue weighted by atomic mass is 16.5. The summed E-state index contributed by atoms with van der Waals surface area (Å²) in [6.45, 7) is 12.1. The fourth-order valence-electron chi connectivity index (χ4n) is 9.66. The van der Waals surface area contributed by atoms with Crippen molar-refractivity contribution in [1.82, 2.24) is 0 Å². The van der Waals surface area contributed by atoms with Crippen molar-refractivity contribution < 1.29 is 14.9 Å². The van der Waals surface area contributed by atoms with Gasteiger partial charge in [-0.1, -0.05) is 96.4 Å². The van der Waals surface area contributed by atoms with E-state index in [1.165, 1.54) is 63.4 Å². The van der Waals surface area contributed by atoms with Crippen LogP contribution < -0.4 is 0 Å². The van der Waals surface area contributed by atoms with E-state index in [2.05, 4.69) is 46.8 Å². The van der Waals surface area contributed by atoms with E-state index in [0.29, 0.717) is 23.7 Å². The molecule has 4 fully saturated rings. The molecule has 204 valence electrons. The summed E-state index contributed by atoms with van der Waals surface area (Å²) in [5.74, 6) is 3.44. The Labute approximate surface area is 221 Å². The Morgan fingerprint density at radius 3 is 2.39 bits per heavy atom. The van der Waals surface area contributed by atoms with Gasteiger partial charge in [-0.3, -0.25) is 0 Å². The van der Waals surface area contributed by atoms with Gasteiger partial charge in [-0.2, -0.15) is 0 Å². The Kier molecular flexibility index (Phi) is 7.86. The number of hydrogen-bond acceptors (Lipinski definition) is 3. The van der Waals surface area contributed by atoms with E-state index in [0.717, 1.165) is 37.0 Å². The molecule has 3 heteroatoms. The molecular formula is C33H54O3. The summed E-state index contributed by atoms with van der Waals surface area (Å²) < 4.78 is 6.51. The third kappa shape index (κ3) is 4.58. The van der Waals surface area contributed by atoms with E-state index >= 15 is 0 Å². The highest BCUT2D eigenvalue weighted by Gasteiger charge is 2.60. The first kappa shape index (κ1) is 26.9. The molecule has 36 heavy (non-hydrogen) atoms. The van der Waals surface area contributed by atoms with Gasteiger partial charge >= 0.3 is 0 Å². The second kappa shape index (κ2) is 10.5. The molecule has 0 aromatic heterocycles. The van der Waals surface area contributed by atoms with Gasteiger partial charge in [0.25, 0.3) is 0 Å². The van der Waals surface area contributed by atoms with Gasteiger partial charge in [0.2, 0.25) is 0 Å². The number of aliphatic hydroxyl groups is 2. The molecule has 5 rings (SSSR count). The second-order valence-corrected chi connectivity index (χ2v) is 14.4. The zero-order valence-electron chi connectivity index (χ0n) is 23.8. The Morgan fingerprint density at radius 1 is 0.917 bits per heavy atom. The van der Waals surface area contributed by atoms with Crippen LogP contribution in [0.3, 0.4) is 0 Å². The van der Waals surface area contributed by atoms with Gasteiger partial charge in [0, 0.05) is 5.41 Å². The highest BCUT2D eigenvalue weighted by molar-refractivity contribution is 5.40. The molecule has 0 heterocycles. The molecule has 0 spiro atoms. The lowest BCUT2D eigenvalue weighted by Gasteiger charge is -2.58. The molecule has 0 saturated heterocycles. The fourth-order valence-corrected chi connectivity index (χ4v) is 9.66. The average Bonchev–Trinajstić information content (AvgIpc) is 3.20. The Bertz CT molecular complexity index is 838. The molecule has 2 N–H and O–H groups in total. The first-order valence-corrected chi connectivity index (χ1v) is 15.6. The van der Waals surface area contributed by atoms with Crippen molar-refractivity contribution in [2.45, 2.75) is 143 Å². The summed E-state index contributed by atoms with van der Waals surface area (Å²) in [6, 6.07) is 0. The third-order valence-electron chi connectivity index (χ3n) is 11.8. The summed E-state index contributed by atoms with van der Waals surface area (Å²) >= 11 is 0. The zero-order valence-corrected chi connectivity index (χ0v) is 23.8. The predicted molar refractivity (Wildman–Crippen MR) is 148 cm³/mol. The number of aliphatic hydroxyl groups excluding tert-OH is 2. The smallest absolute Gasteiger partial charge is 0.111 e. The lowest BCUT2D eigenvalue weighted by Crippen LogP contribution is -2.60. The normalized spacial score (nSPS) is 43.9. The van der Waals surface area contributed by atoms with E-state index in [1.807, 2.05) is 0 Å². The van der Waals surface area contributed by atoms with Gasteiger partial charge in [0.1, 0.15) is 6.10 Å². The maximum atomic E-state index is 11.9. The largest absolute Gasteiger partial charge is 0.390 e. The minimum Gasteiger partial charge on any atom is -0.390 e. The van der Waals surface area contributed by atoms with Crippen LogP contribution >= 0.6 is 0 Å². The zero-order chi connectivity index (χ0) is 25.7. The first-order chi connectivity index (χ1) is 17.2. The van der Waals surface area contributed by atoms with E-state index in [4.69, 9.17) is 4.74 Å². The molecule has 0 amide bonds. The van der Waals surface area contributed by atoms with Crippen molar-refractivity contribution in [2.24, 2.45) is 40.4 Å². The lowest BCUT2D eigenvalue weighted by atomic mass is 9.49. The van der Waals surface area contributed by atoms with Crippen molar-refractivity contribution in [3.63, 3.8) is 0 Å². The van der Waals surface area contributed by atoms with Gasteiger partial charge in [0.15, 0.2) is 0 Å². The van der Waals surface area contributed by atoms with Crippen LogP contribution in [0, 0.1) is 40.4 Å². The van der Waals surface area contributed by atoms with Crippen molar-refractivity contribution in [2.75, 3.05) is 0 Å². The predicted octanol–water partition coefficient (Wildman–Crippen LogP) is 7.61. The first-order valence-electron chi connectivity index (χ1n) is 15.6. The molecular weight excluding hydrogens is 444 g/mol. The third-order valence-corrected chi connectivity index (χ3v) is 11.8.